The van der Waals surface area contributed by atoms with Gasteiger partial charge in [-0.15, -0.1) is 0 Å². The summed E-state index contributed by atoms with van der Waals surface area (Å²) < 4.78 is 5.39. The second-order valence-corrected chi connectivity index (χ2v) is 7.67. The number of para-hydroxylation sites is 2. The number of rotatable bonds is 3. The van der Waals surface area contributed by atoms with Crippen molar-refractivity contribution < 1.29 is 4.74 Å². The van der Waals surface area contributed by atoms with Crippen LogP contribution >= 0.6 is 23.8 Å². The van der Waals surface area contributed by atoms with E-state index in [2.05, 4.69) is 21.3 Å². The van der Waals surface area contributed by atoms with E-state index < -0.39 is 0 Å². The Bertz CT molecular complexity index is 963. The number of likely N-dealkylation sites (tertiary alicyclic amines) is 1. The topological polar surface area (TPSA) is 40.3 Å². The van der Waals surface area contributed by atoms with Crippen molar-refractivity contribution >= 4 is 45.5 Å². The highest BCUT2D eigenvalue weighted by atomic mass is 35.5. The van der Waals surface area contributed by atoms with Crippen LogP contribution < -0.4 is 10.1 Å². The van der Waals surface area contributed by atoms with E-state index in [0.29, 0.717) is 5.92 Å². The molecular weight excluding hydrogens is 378 g/mol. The molecule has 0 bridgehead atoms. The third kappa shape index (κ3) is 3.89. The third-order valence-electron chi connectivity index (χ3n) is 5.17. The molecule has 1 aromatic heterocycles. The van der Waals surface area contributed by atoms with Crippen molar-refractivity contribution in [1.82, 2.24) is 9.88 Å². The lowest BCUT2D eigenvalue weighted by molar-refractivity contribution is 0.314. The fraction of sp³-hybridized carbons (Fsp3) is 0.286. The van der Waals surface area contributed by atoms with Gasteiger partial charge >= 0.3 is 0 Å². The summed E-state index contributed by atoms with van der Waals surface area (Å²) in [5, 5.41) is 6.02. The van der Waals surface area contributed by atoms with Crippen LogP contribution in [0.5, 0.6) is 5.75 Å². The molecule has 3 aromatic rings. The van der Waals surface area contributed by atoms with Crippen molar-refractivity contribution in [3.05, 3.63) is 59.2 Å². The Balaban J connectivity index is 1.40. The first-order valence-electron chi connectivity index (χ1n) is 9.11. The lowest BCUT2D eigenvalue weighted by Crippen LogP contribution is -2.40. The zero-order valence-corrected chi connectivity index (χ0v) is 16.7. The minimum absolute atomic E-state index is 0.515. The molecule has 2 N–H and O–H groups in total. The van der Waals surface area contributed by atoms with E-state index in [9.17, 15) is 0 Å². The van der Waals surface area contributed by atoms with Crippen LogP contribution in [0.4, 0.5) is 5.69 Å². The number of halogens is 1. The number of anilines is 1. The van der Waals surface area contributed by atoms with Crippen molar-refractivity contribution in [2.75, 3.05) is 25.5 Å². The molecule has 0 spiro atoms. The van der Waals surface area contributed by atoms with Crippen LogP contribution in [0, 0.1) is 0 Å². The van der Waals surface area contributed by atoms with E-state index in [4.69, 9.17) is 28.6 Å². The Hall–Kier alpha value is -2.24. The van der Waals surface area contributed by atoms with Crippen molar-refractivity contribution in [3.8, 4) is 5.75 Å². The number of hydrogen-bond donors (Lipinski definition) is 2. The van der Waals surface area contributed by atoms with Crippen molar-refractivity contribution in [1.29, 1.82) is 0 Å². The number of aromatic amines is 1. The number of methoxy groups -OCH3 is 1. The maximum Gasteiger partial charge on any atom is 0.173 e. The van der Waals surface area contributed by atoms with E-state index in [1.807, 2.05) is 42.5 Å². The molecule has 1 aliphatic heterocycles. The van der Waals surface area contributed by atoms with Gasteiger partial charge in [-0.3, -0.25) is 0 Å². The summed E-state index contributed by atoms with van der Waals surface area (Å²) in [5.74, 6) is 1.31. The maximum absolute atomic E-state index is 6.10. The number of fused-ring (bicyclic) bond motifs is 1. The molecule has 2 aromatic carbocycles. The second-order valence-electron chi connectivity index (χ2n) is 6.85. The number of piperidine rings is 1. The Morgan fingerprint density at radius 1 is 1.19 bits per heavy atom. The molecular formula is C21H22ClN3OS. The van der Waals surface area contributed by atoms with Crippen LogP contribution in [0.25, 0.3) is 10.9 Å². The summed E-state index contributed by atoms with van der Waals surface area (Å²) in [4.78, 5) is 5.78. The number of hydrogen-bond acceptors (Lipinski definition) is 2. The van der Waals surface area contributed by atoms with Gasteiger partial charge < -0.3 is 19.9 Å². The van der Waals surface area contributed by atoms with Gasteiger partial charge in [0.1, 0.15) is 5.75 Å². The Morgan fingerprint density at radius 3 is 2.74 bits per heavy atom. The zero-order valence-electron chi connectivity index (χ0n) is 15.2. The van der Waals surface area contributed by atoms with Gasteiger partial charge in [-0.1, -0.05) is 23.7 Å². The van der Waals surface area contributed by atoms with Gasteiger partial charge in [0.15, 0.2) is 5.11 Å². The van der Waals surface area contributed by atoms with Crippen molar-refractivity contribution in [2.45, 2.75) is 18.8 Å². The molecule has 0 unspecified atom stereocenters. The van der Waals surface area contributed by atoms with E-state index in [0.717, 1.165) is 53.0 Å². The number of nitrogens with one attached hydrogen (secondary N) is 2. The molecule has 4 rings (SSSR count). The van der Waals surface area contributed by atoms with Gasteiger partial charge in [0, 0.05) is 40.6 Å². The van der Waals surface area contributed by atoms with Gasteiger partial charge in [0.2, 0.25) is 0 Å². The van der Waals surface area contributed by atoms with E-state index in [1.54, 1.807) is 7.11 Å². The largest absolute Gasteiger partial charge is 0.495 e. The first kappa shape index (κ1) is 18.1. The normalized spacial score (nSPS) is 15.1. The first-order valence-corrected chi connectivity index (χ1v) is 9.90. The number of benzene rings is 2. The van der Waals surface area contributed by atoms with Gasteiger partial charge in [0.25, 0.3) is 0 Å². The van der Waals surface area contributed by atoms with Gasteiger partial charge in [-0.05, 0) is 61.5 Å². The minimum Gasteiger partial charge on any atom is -0.495 e. The van der Waals surface area contributed by atoms with Crippen LogP contribution in [0.15, 0.2) is 48.5 Å². The van der Waals surface area contributed by atoms with E-state index >= 15 is 0 Å². The molecule has 0 atom stereocenters. The van der Waals surface area contributed by atoms with Crippen LogP contribution in [-0.2, 0) is 0 Å². The van der Waals surface area contributed by atoms with E-state index in [1.165, 1.54) is 11.1 Å². The minimum atomic E-state index is 0.515. The molecule has 27 heavy (non-hydrogen) atoms. The van der Waals surface area contributed by atoms with Crippen LogP contribution in [0.3, 0.4) is 0 Å². The summed E-state index contributed by atoms with van der Waals surface area (Å²) in [6, 6.07) is 16.0. The van der Waals surface area contributed by atoms with Gasteiger partial charge in [-0.2, -0.15) is 0 Å². The SMILES string of the molecule is COc1ccccc1NC(=S)N1CCC(c2cc3cc(Cl)ccc3[nH]2)CC1. The number of H-pyrrole nitrogens is 1. The van der Waals surface area contributed by atoms with Crippen LogP contribution in [0.2, 0.25) is 5.02 Å². The number of ether oxygens (including phenoxy) is 1. The smallest absolute Gasteiger partial charge is 0.173 e. The number of thiocarbonyl (C=S) groups is 1. The van der Waals surface area contributed by atoms with Gasteiger partial charge in [-0.25, -0.2) is 0 Å². The highest BCUT2D eigenvalue weighted by Crippen LogP contribution is 2.31. The van der Waals surface area contributed by atoms with Gasteiger partial charge in [0.05, 0.1) is 12.8 Å². The fourth-order valence-corrected chi connectivity index (χ4v) is 4.15. The second kappa shape index (κ2) is 7.79. The third-order valence-corrected chi connectivity index (χ3v) is 5.77. The Morgan fingerprint density at radius 2 is 1.96 bits per heavy atom. The Labute approximate surface area is 169 Å². The van der Waals surface area contributed by atoms with Crippen molar-refractivity contribution in [3.63, 3.8) is 0 Å². The first-order chi connectivity index (χ1) is 13.1. The lowest BCUT2D eigenvalue weighted by atomic mass is 9.94. The molecule has 6 heteroatoms. The molecule has 0 radical (unpaired) electrons. The monoisotopic (exact) mass is 399 g/mol. The summed E-state index contributed by atoms with van der Waals surface area (Å²) >= 11 is 11.7. The van der Waals surface area contributed by atoms with E-state index in [-0.39, 0.29) is 0 Å². The molecule has 1 saturated heterocycles. The molecule has 1 fully saturated rings. The van der Waals surface area contributed by atoms with Crippen molar-refractivity contribution in [2.24, 2.45) is 0 Å². The highest BCUT2D eigenvalue weighted by molar-refractivity contribution is 7.80. The number of aromatic nitrogens is 1. The molecule has 4 nitrogen and oxygen atoms in total. The van der Waals surface area contributed by atoms with Crippen LogP contribution in [-0.4, -0.2) is 35.2 Å². The summed E-state index contributed by atoms with van der Waals surface area (Å²) in [6.45, 7) is 1.86. The molecule has 2 heterocycles. The quantitative estimate of drug-likeness (QED) is 0.578. The molecule has 0 saturated carbocycles. The molecule has 1 aliphatic rings. The molecule has 0 aliphatic carbocycles. The fourth-order valence-electron chi connectivity index (χ4n) is 3.68. The zero-order chi connectivity index (χ0) is 18.8. The molecule has 0 amide bonds. The number of nitrogens with zero attached hydrogens (tertiary/aromatic N) is 1. The summed E-state index contributed by atoms with van der Waals surface area (Å²) in [7, 11) is 1.67. The Kier molecular flexibility index (Phi) is 5.23. The standard InChI is InChI=1S/C21H22ClN3OS/c1-26-20-5-3-2-4-18(20)24-21(27)25-10-8-14(9-11-25)19-13-15-12-16(22)6-7-17(15)23-19/h2-7,12-14,23H,8-11H2,1H3,(H,24,27). The average molecular weight is 400 g/mol. The maximum atomic E-state index is 6.10. The highest BCUT2D eigenvalue weighted by Gasteiger charge is 2.23. The van der Waals surface area contributed by atoms with Crippen LogP contribution in [0.1, 0.15) is 24.5 Å². The summed E-state index contributed by atoms with van der Waals surface area (Å²) in [5.41, 5.74) is 3.33. The lowest BCUT2D eigenvalue weighted by Gasteiger charge is -2.33. The summed E-state index contributed by atoms with van der Waals surface area (Å²) in [6.07, 6.45) is 2.13. The predicted octanol–water partition coefficient (Wildman–Crippen LogP) is 5.41. The molecule has 140 valence electrons. The predicted molar refractivity (Wildman–Crippen MR) is 116 cm³/mol. The average Bonchev–Trinajstić information content (AvgIpc) is 3.11.